The minimum absolute atomic E-state index is 0.0348. The minimum atomic E-state index is -4.50. The van der Waals surface area contributed by atoms with Crippen LogP contribution in [0.15, 0.2) is 12.3 Å². The second kappa shape index (κ2) is 10.9. The molecule has 0 bridgehead atoms. The van der Waals surface area contributed by atoms with Crippen LogP contribution >= 0.6 is 0 Å². The van der Waals surface area contributed by atoms with Crippen LogP contribution in [0.25, 0.3) is 0 Å². The first-order chi connectivity index (χ1) is 18.5. The summed E-state index contributed by atoms with van der Waals surface area (Å²) in [6, 6.07) is 1.05. The number of amides is 3. The summed E-state index contributed by atoms with van der Waals surface area (Å²) >= 11 is 0. The highest BCUT2D eigenvalue weighted by Crippen LogP contribution is 2.50. The maximum absolute atomic E-state index is 14.3. The number of pyridine rings is 1. The second-order valence-electron chi connectivity index (χ2n) is 11.7. The molecule has 3 unspecified atom stereocenters. The number of carbonyl (C=O) groups is 2. The Kier molecular flexibility index (Phi) is 7.82. The molecular weight excluding hydrogens is 515 g/mol. The van der Waals surface area contributed by atoms with Gasteiger partial charge in [-0.15, -0.1) is 0 Å². The van der Waals surface area contributed by atoms with Gasteiger partial charge in [0.05, 0.1) is 23.7 Å². The molecule has 1 aromatic rings. The largest absolute Gasteiger partial charge is 0.417 e. The number of likely N-dealkylation sites (tertiary alicyclic amines) is 1. The van der Waals surface area contributed by atoms with Crippen LogP contribution in [-0.4, -0.2) is 90.9 Å². The zero-order valence-corrected chi connectivity index (χ0v) is 22.7. The van der Waals surface area contributed by atoms with Gasteiger partial charge in [0.2, 0.25) is 5.91 Å². The third-order valence-corrected chi connectivity index (χ3v) is 8.71. The fourth-order valence-corrected chi connectivity index (χ4v) is 6.83. The molecule has 39 heavy (non-hydrogen) atoms. The van der Waals surface area contributed by atoms with E-state index in [9.17, 15) is 22.8 Å². The molecule has 9 nitrogen and oxygen atoms in total. The smallest absolute Gasteiger partial charge is 0.379 e. The molecule has 4 heterocycles. The molecule has 2 saturated heterocycles. The highest BCUT2D eigenvalue weighted by Gasteiger charge is 2.60. The van der Waals surface area contributed by atoms with E-state index >= 15 is 0 Å². The molecule has 12 heteroatoms. The Morgan fingerprint density at radius 2 is 2.08 bits per heavy atom. The number of rotatable bonds is 5. The summed E-state index contributed by atoms with van der Waals surface area (Å²) in [5.41, 5.74) is -0.575. The van der Waals surface area contributed by atoms with Crippen molar-refractivity contribution in [3.8, 4) is 0 Å². The molecule has 0 aromatic carbocycles. The van der Waals surface area contributed by atoms with Crippen LogP contribution in [0.2, 0.25) is 0 Å². The van der Waals surface area contributed by atoms with E-state index in [1.807, 2.05) is 13.8 Å². The third kappa shape index (κ3) is 5.60. The number of nitrogens with zero attached hydrogens (tertiary/aromatic N) is 3. The predicted molar refractivity (Wildman–Crippen MR) is 136 cm³/mol. The molecule has 2 N–H and O–H groups in total. The zero-order valence-electron chi connectivity index (χ0n) is 22.7. The lowest BCUT2D eigenvalue weighted by molar-refractivity contribution is -0.143. The molecule has 3 amide bonds. The molecule has 0 spiro atoms. The average molecular weight is 554 g/mol. The summed E-state index contributed by atoms with van der Waals surface area (Å²) in [4.78, 5) is 34.7. The van der Waals surface area contributed by atoms with E-state index in [0.717, 1.165) is 25.1 Å². The Morgan fingerprint density at radius 1 is 1.28 bits per heavy atom. The number of alkyl halides is 3. The van der Waals surface area contributed by atoms with Crippen LogP contribution in [-0.2, 0) is 33.4 Å². The fraction of sp³-hybridized carbons (Fsp3) is 0.741. The van der Waals surface area contributed by atoms with E-state index in [2.05, 4.69) is 15.6 Å². The number of methoxy groups -OCH3 is 1. The van der Waals surface area contributed by atoms with Gasteiger partial charge >= 0.3 is 12.2 Å². The van der Waals surface area contributed by atoms with Crippen molar-refractivity contribution in [3.05, 3.63) is 29.1 Å². The number of hydrogen-bond donors (Lipinski definition) is 2. The van der Waals surface area contributed by atoms with E-state index in [1.165, 1.54) is 0 Å². The lowest BCUT2D eigenvalue weighted by Gasteiger charge is -2.37. The van der Waals surface area contributed by atoms with Gasteiger partial charge in [-0.05, 0) is 50.7 Å². The summed E-state index contributed by atoms with van der Waals surface area (Å²) < 4.78 is 51.2. The summed E-state index contributed by atoms with van der Waals surface area (Å²) in [7, 11) is 1.67. The quantitative estimate of drug-likeness (QED) is 0.582. The summed E-state index contributed by atoms with van der Waals surface area (Å²) in [5, 5.41) is 6.65. The van der Waals surface area contributed by atoms with E-state index in [-0.39, 0.29) is 48.6 Å². The Bertz CT molecular complexity index is 1090. The first-order valence-corrected chi connectivity index (χ1v) is 13.8. The van der Waals surface area contributed by atoms with Crippen LogP contribution < -0.4 is 10.6 Å². The van der Waals surface area contributed by atoms with Gasteiger partial charge in [0, 0.05) is 76.3 Å². The number of urea groups is 1. The van der Waals surface area contributed by atoms with Crippen molar-refractivity contribution in [1.82, 2.24) is 25.4 Å². The van der Waals surface area contributed by atoms with Gasteiger partial charge in [0.15, 0.2) is 0 Å². The lowest BCUT2D eigenvalue weighted by atomic mass is 9.78. The van der Waals surface area contributed by atoms with Gasteiger partial charge < -0.3 is 29.9 Å². The van der Waals surface area contributed by atoms with Crippen LogP contribution in [0.5, 0.6) is 0 Å². The van der Waals surface area contributed by atoms with Gasteiger partial charge in [0.1, 0.15) is 0 Å². The number of hydrogen-bond acceptors (Lipinski definition) is 6. The van der Waals surface area contributed by atoms with E-state index in [4.69, 9.17) is 9.47 Å². The van der Waals surface area contributed by atoms with Crippen LogP contribution in [0.3, 0.4) is 0 Å². The maximum atomic E-state index is 14.3. The Hall–Kier alpha value is -2.44. The van der Waals surface area contributed by atoms with Gasteiger partial charge in [-0.25, -0.2) is 4.79 Å². The first kappa shape index (κ1) is 28.1. The molecule has 1 aliphatic carbocycles. The number of nitrogens with one attached hydrogen (secondary N) is 2. The zero-order chi connectivity index (χ0) is 27.9. The number of halogens is 3. The number of fused-ring (bicyclic) bond motifs is 2. The lowest BCUT2D eigenvalue weighted by Crippen LogP contribution is -2.53. The molecule has 1 aromatic heterocycles. The SMILES string of the molecule is COC1COCCC1NC1C[C@H]2CN(C(=O)NC(C)C)C[C@@]2(C(=O)N2CCc3ncc(C(F)(F)F)cc3C2)C1. The standard InChI is InChI=1S/C27H38F3N5O4/c1-16(2)32-25(37)35-13-19-9-20(33-22-5-7-39-14-23(22)38-3)10-26(19,15-35)24(36)34-6-4-21-17(12-34)8-18(11-31-21)27(28,29)30/h8,11,16,19-20,22-23,33H,4-7,9-10,12-15H2,1-3H3,(H,32,37)/t19-,20?,22?,23?,26-/m0/s1. The fourth-order valence-electron chi connectivity index (χ4n) is 6.83. The Balaban J connectivity index is 1.37. The molecule has 3 fully saturated rings. The minimum Gasteiger partial charge on any atom is -0.379 e. The Labute approximate surface area is 226 Å². The van der Waals surface area contributed by atoms with Crippen LogP contribution in [0, 0.1) is 11.3 Å². The highest BCUT2D eigenvalue weighted by molar-refractivity contribution is 5.86. The van der Waals surface area contributed by atoms with E-state index in [0.29, 0.717) is 56.9 Å². The number of aromatic nitrogens is 1. The van der Waals surface area contributed by atoms with Crippen molar-refractivity contribution >= 4 is 11.9 Å². The van der Waals surface area contributed by atoms with Crippen molar-refractivity contribution in [2.75, 3.05) is 40.0 Å². The van der Waals surface area contributed by atoms with E-state index in [1.54, 1.807) is 16.9 Å². The number of carbonyl (C=O) groups excluding carboxylic acids is 2. The van der Waals surface area contributed by atoms with Crippen molar-refractivity contribution in [2.45, 2.75) is 76.5 Å². The van der Waals surface area contributed by atoms with Gasteiger partial charge in [-0.3, -0.25) is 9.78 Å². The van der Waals surface area contributed by atoms with Crippen LogP contribution in [0.4, 0.5) is 18.0 Å². The molecule has 216 valence electrons. The monoisotopic (exact) mass is 553 g/mol. The third-order valence-electron chi connectivity index (χ3n) is 8.71. The second-order valence-corrected chi connectivity index (χ2v) is 11.7. The molecule has 4 aliphatic rings. The topological polar surface area (TPSA) is 96.0 Å². The van der Waals surface area contributed by atoms with Crippen molar-refractivity contribution in [3.63, 3.8) is 0 Å². The molecule has 0 radical (unpaired) electrons. The summed E-state index contributed by atoms with van der Waals surface area (Å²) in [6.07, 6.45) is -1.22. The highest BCUT2D eigenvalue weighted by atomic mass is 19.4. The first-order valence-electron chi connectivity index (χ1n) is 13.8. The molecule has 3 aliphatic heterocycles. The number of ether oxygens (including phenoxy) is 2. The van der Waals surface area contributed by atoms with Gasteiger partial charge in [-0.1, -0.05) is 0 Å². The Morgan fingerprint density at radius 3 is 2.79 bits per heavy atom. The molecule has 1 saturated carbocycles. The van der Waals surface area contributed by atoms with Crippen molar-refractivity contribution in [2.24, 2.45) is 11.3 Å². The van der Waals surface area contributed by atoms with Crippen LogP contribution in [0.1, 0.15) is 49.9 Å². The summed E-state index contributed by atoms with van der Waals surface area (Å²) in [6.45, 7) is 6.17. The molecule has 5 atom stereocenters. The normalized spacial score (nSPS) is 30.8. The molecular formula is C27H38F3N5O4. The average Bonchev–Trinajstić information content (AvgIpc) is 3.42. The van der Waals surface area contributed by atoms with Gasteiger partial charge in [-0.2, -0.15) is 13.2 Å². The predicted octanol–water partition coefficient (Wildman–Crippen LogP) is 2.58. The van der Waals surface area contributed by atoms with Gasteiger partial charge in [0.25, 0.3) is 0 Å². The maximum Gasteiger partial charge on any atom is 0.417 e. The van der Waals surface area contributed by atoms with Crippen molar-refractivity contribution in [1.29, 1.82) is 0 Å². The van der Waals surface area contributed by atoms with Crippen molar-refractivity contribution < 1.29 is 32.2 Å². The summed E-state index contributed by atoms with van der Waals surface area (Å²) in [5.74, 6) is -0.141. The molecule has 5 rings (SSSR count). The van der Waals surface area contributed by atoms with E-state index < -0.39 is 17.2 Å².